The number of hydrogen-bond acceptors (Lipinski definition) is 3. The number of carbonyl (C=O) groups is 2. The molecule has 0 N–H and O–H groups in total. The molecule has 0 bridgehead atoms. The van der Waals surface area contributed by atoms with Crippen molar-refractivity contribution in [3.8, 4) is 0 Å². The number of halogens is 3. The average molecular weight is 386 g/mol. The van der Waals surface area contributed by atoms with E-state index >= 15 is 0 Å². The van der Waals surface area contributed by atoms with E-state index in [2.05, 4.69) is 0 Å². The average Bonchev–Trinajstić information content (AvgIpc) is 2.58. The van der Waals surface area contributed by atoms with Crippen molar-refractivity contribution in [2.45, 2.75) is 51.4 Å². The van der Waals surface area contributed by atoms with Gasteiger partial charge in [-0.1, -0.05) is 0 Å². The van der Waals surface area contributed by atoms with Gasteiger partial charge in [0.1, 0.15) is 5.60 Å². The van der Waals surface area contributed by atoms with E-state index in [1.807, 2.05) is 0 Å². The monoisotopic (exact) mass is 386 g/mol. The highest BCUT2D eigenvalue weighted by Gasteiger charge is 2.32. The fourth-order valence-electron chi connectivity index (χ4n) is 2.93. The van der Waals surface area contributed by atoms with Crippen molar-refractivity contribution in [2.75, 3.05) is 20.1 Å². The van der Waals surface area contributed by atoms with Crippen LogP contribution in [0.2, 0.25) is 0 Å². The van der Waals surface area contributed by atoms with Crippen molar-refractivity contribution in [2.24, 2.45) is 0 Å². The molecule has 1 fully saturated rings. The number of benzene rings is 1. The molecule has 8 heteroatoms. The number of rotatable bonds is 2. The Morgan fingerprint density at radius 3 is 2.04 bits per heavy atom. The minimum Gasteiger partial charge on any atom is -0.444 e. The molecule has 0 unspecified atom stereocenters. The minimum atomic E-state index is -4.43. The molecular formula is C19H25F3N2O3. The molecule has 1 aromatic rings. The first-order chi connectivity index (χ1) is 12.4. The number of ether oxygens (including phenoxy) is 1. The predicted octanol–water partition coefficient (Wildman–Crippen LogP) is 4.18. The number of amides is 2. The van der Waals surface area contributed by atoms with E-state index in [1.54, 1.807) is 32.7 Å². The second-order valence-corrected chi connectivity index (χ2v) is 7.69. The van der Waals surface area contributed by atoms with E-state index < -0.39 is 17.3 Å². The highest BCUT2D eigenvalue weighted by Crippen LogP contribution is 2.29. The molecule has 27 heavy (non-hydrogen) atoms. The molecule has 1 heterocycles. The zero-order valence-electron chi connectivity index (χ0n) is 16.0. The maximum Gasteiger partial charge on any atom is 0.416 e. The summed E-state index contributed by atoms with van der Waals surface area (Å²) in [5.74, 6) is -0.334. The van der Waals surface area contributed by atoms with Crippen LogP contribution in [0, 0.1) is 0 Å². The molecule has 150 valence electrons. The lowest BCUT2D eigenvalue weighted by molar-refractivity contribution is -0.137. The van der Waals surface area contributed by atoms with E-state index in [9.17, 15) is 22.8 Å². The smallest absolute Gasteiger partial charge is 0.416 e. The van der Waals surface area contributed by atoms with Crippen molar-refractivity contribution in [3.05, 3.63) is 35.4 Å². The second kappa shape index (κ2) is 7.78. The van der Waals surface area contributed by atoms with Gasteiger partial charge in [0.05, 0.1) is 5.56 Å². The number of hydrogen-bond donors (Lipinski definition) is 0. The van der Waals surface area contributed by atoms with Gasteiger partial charge in [-0.2, -0.15) is 13.2 Å². The minimum absolute atomic E-state index is 0.0847. The highest BCUT2D eigenvalue weighted by atomic mass is 19.4. The van der Waals surface area contributed by atoms with Gasteiger partial charge >= 0.3 is 12.3 Å². The number of alkyl halides is 3. The molecule has 2 rings (SSSR count). The quantitative estimate of drug-likeness (QED) is 0.766. The molecule has 0 atom stereocenters. The summed E-state index contributed by atoms with van der Waals surface area (Å²) >= 11 is 0. The number of carbonyl (C=O) groups excluding carboxylic acids is 2. The predicted molar refractivity (Wildman–Crippen MR) is 94.4 cm³/mol. The third-order valence-electron chi connectivity index (χ3n) is 4.44. The molecule has 5 nitrogen and oxygen atoms in total. The van der Waals surface area contributed by atoms with Gasteiger partial charge in [0.2, 0.25) is 0 Å². The molecule has 0 spiro atoms. The zero-order chi connectivity index (χ0) is 20.4. The highest BCUT2D eigenvalue weighted by molar-refractivity contribution is 5.94. The maximum atomic E-state index is 12.6. The van der Waals surface area contributed by atoms with Crippen LogP contribution >= 0.6 is 0 Å². The summed E-state index contributed by atoms with van der Waals surface area (Å²) in [5.41, 5.74) is -1.14. The summed E-state index contributed by atoms with van der Waals surface area (Å²) in [5, 5.41) is 0. The molecule has 1 saturated heterocycles. The largest absolute Gasteiger partial charge is 0.444 e. The van der Waals surface area contributed by atoms with Gasteiger partial charge in [-0.3, -0.25) is 4.79 Å². The maximum absolute atomic E-state index is 12.6. The Labute approximate surface area is 157 Å². The normalized spacial score (nSPS) is 16.2. The van der Waals surface area contributed by atoms with Crippen LogP contribution in [0.3, 0.4) is 0 Å². The summed E-state index contributed by atoms with van der Waals surface area (Å²) in [7, 11) is 1.63. The van der Waals surface area contributed by atoms with Crippen molar-refractivity contribution in [1.29, 1.82) is 0 Å². The fourth-order valence-corrected chi connectivity index (χ4v) is 2.93. The Bertz CT molecular complexity index is 673. The molecule has 2 amide bonds. The van der Waals surface area contributed by atoms with E-state index in [-0.39, 0.29) is 23.6 Å². The van der Waals surface area contributed by atoms with Crippen LogP contribution in [0.5, 0.6) is 0 Å². The summed E-state index contributed by atoms with van der Waals surface area (Å²) in [6.07, 6.45) is -3.63. The Kier molecular flexibility index (Phi) is 6.07. The molecule has 0 saturated carbocycles. The third kappa shape index (κ3) is 5.61. The van der Waals surface area contributed by atoms with E-state index in [1.165, 1.54) is 17.0 Å². The Hall–Kier alpha value is -2.25. The zero-order valence-corrected chi connectivity index (χ0v) is 16.0. The van der Waals surface area contributed by atoms with E-state index in [0.717, 1.165) is 12.1 Å². The van der Waals surface area contributed by atoms with Crippen LogP contribution in [0.1, 0.15) is 49.5 Å². The van der Waals surface area contributed by atoms with Gasteiger partial charge in [-0.25, -0.2) is 4.79 Å². The molecule has 1 aliphatic heterocycles. The number of piperidine rings is 1. The Morgan fingerprint density at radius 2 is 1.59 bits per heavy atom. The van der Waals surface area contributed by atoms with Crippen molar-refractivity contribution < 1.29 is 27.5 Å². The second-order valence-electron chi connectivity index (χ2n) is 7.69. The molecule has 0 aliphatic carbocycles. The van der Waals surface area contributed by atoms with Crippen LogP contribution < -0.4 is 0 Å². The van der Waals surface area contributed by atoms with Crippen LogP contribution in [0.15, 0.2) is 24.3 Å². The summed E-state index contributed by atoms with van der Waals surface area (Å²) in [4.78, 5) is 27.8. The van der Waals surface area contributed by atoms with Gasteiger partial charge in [0, 0.05) is 31.7 Å². The van der Waals surface area contributed by atoms with Gasteiger partial charge in [0.25, 0.3) is 5.91 Å². The lowest BCUT2D eigenvalue weighted by atomic mass is 10.0. The standard InChI is InChI=1S/C19H25F3N2O3/c1-18(2,3)27-17(26)24-11-9-15(10-12-24)23(4)16(25)13-5-7-14(8-6-13)19(20,21)22/h5-8,15H,9-12H2,1-4H3. The number of likely N-dealkylation sites (tertiary alicyclic amines) is 1. The summed E-state index contributed by atoms with van der Waals surface area (Å²) in [6.45, 7) is 6.32. The summed E-state index contributed by atoms with van der Waals surface area (Å²) < 4.78 is 43.3. The van der Waals surface area contributed by atoms with Gasteiger partial charge in [-0.05, 0) is 57.9 Å². The molecule has 0 aromatic heterocycles. The van der Waals surface area contributed by atoms with Gasteiger partial charge in [-0.15, -0.1) is 0 Å². The van der Waals surface area contributed by atoms with Crippen LogP contribution in [-0.2, 0) is 10.9 Å². The Morgan fingerprint density at radius 1 is 1.07 bits per heavy atom. The lowest BCUT2D eigenvalue weighted by Gasteiger charge is -2.37. The fraction of sp³-hybridized carbons (Fsp3) is 0.579. The first-order valence-corrected chi connectivity index (χ1v) is 8.81. The topological polar surface area (TPSA) is 49.9 Å². The van der Waals surface area contributed by atoms with E-state index in [0.29, 0.717) is 25.9 Å². The van der Waals surface area contributed by atoms with Gasteiger partial charge < -0.3 is 14.5 Å². The Balaban J connectivity index is 1.94. The first kappa shape index (κ1) is 21.1. The van der Waals surface area contributed by atoms with Crippen molar-refractivity contribution in [1.82, 2.24) is 9.80 Å². The van der Waals surface area contributed by atoms with E-state index in [4.69, 9.17) is 4.74 Å². The molecule has 1 aromatic carbocycles. The van der Waals surface area contributed by atoms with Crippen molar-refractivity contribution in [3.63, 3.8) is 0 Å². The van der Waals surface area contributed by atoms with Crippen molar-refractivity contribution >= 4 is 12.0 Å². The number of nitrogens with zero attached hydrogens (tertiary/aromatic N) is 2. The molecule has 1 aliphatic rings. The SMILES string of the molecule is CN(C(=O)c1ccc(C(F)(F)F)cc1)C1CCN(C(=O)OC(C)(C)C)CC1. The lowest BCUT2D eigenvalue weighted by Crippen LogP contribution is -2.48. The van der Waals surface area contributed by atoms with Gasteiger partial charge in [0.15, 0.2) is 0 Å². The molecular weight excluding hydrogens is 361 g/mol. The summed E-state index contributed by atoms with van der Waals surface area (Å²) in [6, 6.07) is 4.12. The first-order valence-electron chi connectivity index (χ1n) is 8.81. The van der Waals surface area contributed by atoms with Crippen LogP contribution in [0.4, 0.5) is 18.0 Å². The van der Waals surface area contributed by atoms with Crippen LogP contribution in [0.25, 0.3) is 0 Å². The van der Waals surface area contributed by atoms with Crippen LogP contribution in [-0.4, -0.2) is 53.6 Å². The third-order valence-corrected chi connectivity index (χ3v) is 4.44. The molecule has 0 radical (unpaired) electrons.